The monoisotopic (exact) mass is 236 g/mol. The van der Waals surface area contributed by atoms with Crippen molar-refractivity contribution in [3.05, 3.63) is 59.3 Å². The molecule has 0 saturated heterocycles. The molecule has 0 amide bonds. The summed E-state index contributed by atoms with van der Waals surface area (Å²) < 4.78 is 3.19. The predicted molar refractivity (Wildman–Crippen MR) is 70.0 cm³/mol. The van der Waals surface area contributed by atoms with Gasteiger partial charge in [0.2, 0.25) is 0 Å². The Bertz CT molecular complexity index is 758. The van der Waals surface area contributed by atoms with Gasteiger partial charge in [0.25, 0.3) is 5.82 Å². The van der Waals surface area contributed by atoms with E-state index in [0.717, 1.165) is 40.1 Å². The molecule has 0 fully saturated rings. The molecule has 3 aromatic rings. The quantitative estimate of drug-likeness (QED) is 0.436. The summed E-state index contributed by atoms with van der Waals surface area (Å²) in [4.78, 5) is 0. The van der Waals surface area contributed by atoms with Crippen LogP contribution >= 0.6 is 0 Å². The second-order valence-corrected chi connectivity index (χ2v) is 4.67. The molecule has 0 bridgehead atoms. The maximum absolute atomic E-state index is 12.4. The summed E-state index contributed by atoms with van der Waals surface area (Å²) in [6.07, 6.45) is 0.988. The Balaban J connectivity index is 2.16. The Kier molecular flexibility index (Phi) is 1.81. The van der Waals surface area contributed by atoms with Gasteiger partial charge >= 0.3 is 0 Å². The molecule has 88 valence electrons. The maximum atomic E-state index is 12.4. The number of para-hydroxylation sites is 2. The van der Waals surface area contributed by atoms with Crippen LogP contribution in [-0.2, 0) is 13.0 Å². The average Bonchev–Trinajstić information content (AvgIpc) is 2.73. The van der Waals surface area contributed by atoms with E-state index in [9.17, 15) is 5.21 Å². The van der Waals surface area contributed by atoms with Crippen LogP contribution in [0.15, 0.2) is 48.5 Å². The molecule has 2 aromatic carbocycles. The number of nitrogens with zero attached hydrogens (tertiary/aromatic N) is 2. The number of aryl methyl sites for hydroxylation is 2. The van der Waals surface area contributed by atoms with Crippen molar-refractivity contribution < 1.29 is 4.73 Å². The minimum absolute atomic E-state index is 0.754. The van der Waals surface area contributed by atoms with Crippen LogP contribution in [0.4, 0.5) is 0 Å². The first kappa shape index (κ1) is 9.71. The topological polar surface area (TPSA) is 31.9 Å². The molecule has 3 nitrogen and oxygen atoms in total. The Morgan fingerprint density at radius 3 is 2.72 bits per heavy atom. The normalized spacial score (nSPS) is 13.3. The van der Waals surface area contributed by atoms with E-state index in [1.807, 2.05) is 42.5 Å². The van der Waals surface area contributed by atoms with Gasteiger partial charge in [-0.3, -0.25) is 0 Å². The highest BCUT2D eigenvalue weighted by Gasteiger charge is 2.27. The zero-order valence-corrected chi connectivity index (χ0v) is 9.84. The SMILES string of the molecule is [O-][n+]1c2n(c3ccccc31)CCc1ccccc1-2. The molecule has 0 unspecified atom stereocenters. The molecule has 1 aliphatic rings. The summed E-state index contributed by atoms with van der Waals surface area (Å²) in [5, 5.41) is 12.4. The molecule has 0 N–H and O–H groups in total. The van der Waals surface area contributed by atoms with Crippen LogP contribution < -0.4 is 4.73 Å². The first-order chi connectivity index (χ1) is 8.86. The minimum atomic E-state index is 0.754. The minimum Gasteiger partial charge on any atom is -0.710 e. The standard InChI is InChI=1S/C15H12N2O/c18-17-14-8-4-3-7-13(14)16-10-9-11-5-1-2-6-12(11)15(16)17/h1-8H,9-10H2. The van der Waals surface area contributed by atoms with E-state index in [0.29, 0.717) is 0 Å². The van der Waals surface area contributed by atoms with Gasteiger partial charge < -0.3 is 5.21 Å². The lowest BCUT2D eigenvalue weighted by molar-refractivity contribution is -0.565. The molecule has 1 aromatic heterocycles. The van der Waals surface area contributed by atoms with Crippen LogP contribution in [-0.4, -0.2) is 4.57 Å². The van der Waals surface area contributed by atoms with Crippen molar-refractivity contribution in [2.75, 3.05) is 0 Å². The molecule has 0 aliphatic carbocycles. The highest BCUT2D eigenvalue weighted by atomic mass is 16.5. The summed E-state index contributed by atoms with van der Waals surface area (Å²) >= 11 is 0. The van der Waals surface area contributed by atoms with Crippen LogP contribution in [0.3, 0.4) is 0 Å². The molecule has 0 atom stereocenters. The van der Waals surface area contributed by atoms with Gasteiger partial charge in [0, 0.05) is 6.42 Å². The molecule has 3 heteroatoms. The zero-order valence-electron chi connectivity index (χ0n) is 9.84. The Hall–Kier alpha value is -2.29. The molecule has 18 heavy (non-hydrogen) atoms. The highest BCUT2D eigenvalue weighted by Crippen LogP contribution is 2.30. The molecule has 4 rings (SSSR count). The molecule has 0 saturated carbocycles. The van der Waals surface area contributed by atoms with Crippen LogP contribution in [0.5, 0.6) is 0 Å². The molecule has 1 aliphatic heterocycles. The number of fused-ring (bicyclic) bond motifs is 5. The molecule has 0 radical (unpaired) electrons. The molecule has 0 spiro atoms. The molecular formula is C15H12N2O. The third-order valence-electron chi connectivity index (χ3n) is 3.70. The highest BCUT2D eigenvalue weighted by molar-refractivity contribution is 5.77. The summed E-state index contributed by atoms with van der Waals surface area (Å²) in [5.41, 5.74) is 4.11. The summed E-state index contributed by atoms with van der Waals surface area (Å²) in [6.45, 7) is 0.877. The van der Waals surface area contributed by atoms with Gasteiger partial charge in [-0.05, 0) is 23.8 Å². The number of aromatic nitrogens is 2. The second kappa shape index (κ2) is 3.35. The van der Waals surface area contributed by atoms with Gasteiger partial charge in [-0.25, -0.2) is 9.30 Å². The smallest absolute Gasteiger partial charge is 0.293 e. The van der Waals surface area contributed by atoms with Crippen molar-refractivity contribution in [1.29, 1.82) is 0 Å². The van der Waals surface area contributed by atoms with Gasteiger partial charge in [0.15, 0.2) is 11.0 Å². The Morgan fingerprint density at radius 1 is 1.00 bits per heavy atom. The van der Waals surface area contributed by atoms with Crippen molar-refractivity contribution in [3.63, 3.8) is 0 Å². The first-order valence-electron chi connectivity index (χ1n) is 6.15. The predicted octanol–water partition coefficient (Wildman–Crippen LogP) is 2.50. The van der Waals surface area contributed by atoms with E-state index >= 15 is 0 Å². The zero-order chi connectivity index (χ0) is 12.1. The van der Waals surface area contributed by atoms with Crippen molar-refractivity contribution >= 4 is 11.0 Å². The molecular weight excluding hydrogens is 224 g/mol. The Morgan fingerprint density at radius 2 is 1.78 bits per heavy atom. The van der Waals surface area contributed by atoms with Crippen LogP contribution in [0, 0.1) is 5.21 Å². The van der Waals surface area contributed by atoms with E-state index in [1.165, 1.54) is 5.56 Å². The van der Waals surface area contributed by atoms with Crippen molar-refractivity contribution in [2.24, 2.45) is 0 Å². The summed E-state index contributed by atoms with van der Waals surface area (Å²) in [7, 11) is 0. The summed E-state index contributed by atoms with van der Waals surface area (Å²) in [6, 6.07) is 16.0. The summed E-state index contributed by atoms with van der Waals surface area (Å²) in [5.74, 6) is 0.776. The maximum Gasteiger partial charge on any atom is 0.293 e. The third-order valence-corrected chi connectivity index (χ3v) is 3.70. The van der Waals surface area contributed by atoms with Crippen molar-refractivity contribution in [3.8, 4) is 11.4 Å². The third kappa shape index (κ3) is 1.11. The molecule has 2 heterocycles. The lowest BCUT2D eigenvalue weighted by atomic mass is 10.0. The lowest BCUT2D eigenvalue weighted by Gasteiger charge is -2.15. The van der Waals surface area contributed by atoms with E-state index in [4.69, 9.17) is 0 Å². The van der Waals surface area contributed by atoms with Gasteiger partial charge in [-0.1, -0.05) is 30.3 Å². The number of benzene rings is 2. The van der Waals surface area contributed by atoms with Crippen LogP contribution in [0.2, 0.25) is 0 Å². The Labute approximate surface area is 104 Å². The van der Waals surface area contributed by atoms with E-state index in [1.54, 1.807) is 0 Å². The van der Waals surface area contributed by atoms with E-state index in [-0.39, 0.29) is 0 Å². The number of hydrogen-bond donors (Lipinski definition) is 0. The van der Waals surface area contributed by atoms with Gasteiger partial charge in [0.05, 0.1) is 12.1 Å². The van der Waals surface area contributed by atoms with Crippen LogP contribution in [0.1, 0.15) is 5.56 Å². The van der Waals surface area contributed by atoms with Crippen LogP contribution in [0.25, 0.3) is 22.4 Å². The van der Waals surface area contributed by atoms with E-state index in [2.05, 4.69) is 10.6 Å². The second-order valence-electron chi connectivity index (χ2n) is 4.67. The van der Waals surface area contributed by atoms with Gasteiger partial charge in [-0.15, -0.1) is 0 Å². The van der Waals surface area contributed by atoms with Crippen molar-refractivity contribution in [2.45, 2.75) is 13.0 Å². The first-order valence-corrected chi connectivity index (χ1v) is 6.15. The lowest BCUT2D eigenvalue weighted by Crippen LogP contribution is -2.30. The number of hydrogen-bond acceptors (Lipinski definition) is 1. The fourth-order valence-corrected chi connectivity index (χ4v) is 2.87. The fraction of sp³-hybridized carbons (Fsp3) is 0.133. The fourth-order valence-electron chi connectivity index (χ4n) is 2.87. The van der Waals surface area contributed by atoms with E-state index < -0.39 is 0 Å². The van der Waals surface area contributed by atoms with Gasteiger partial charge in [0.1, 0.15) is 0 Å². The van der Waals surface area contributed by atoms with Crippen molar-refractivity contribution in [1.82, 2.24) is 4.57 Å². The number of rotatable bonds is 0. The largest absolute Gasteiger partial charge is 0.710 e. The average molecular weight is 236 g/mol. The van der Waals surface area contributed by atoms with Gasteiger partial charge in [-0.2, -0.15) is 0 Å². The number of imidazole rings is 1.